The highest BCUT2D eigenvalue weighted by atomic mass is 16.1. The van der Waals surface area contributed by atoms with E-state index >= 15 is 0 Å². The van der Waals surface area contributed by atoms with Gasteiger partial charge in [-0.15, -0.1) is 0 Å². The Kier molecular flexibility index (Phi) is 4.95. The lowest BCUT2D eigenvalue weighted by molar-refractivity contribution is 0.102. The number of aromatic nitrogens is 1. The summed E-state index contributed by atoms with van der Waals surface area (Å²) in [4.78, 5) is 16.6. The Hall–Kier alpha value is -3.65. The van der Waals surface area contributed by atoms with Crippen molar-refractivity contribution in [3.8, 4) is 6.07 Å². The van der Waals surface area contributed by atoms with E-state index < -0.39 is 0 Å². The fourth-order valence-corrected chi connectivity index (χ4v) is 2.52. The van der Waals surface area contributed by atoms with E-state index in [-0.39, 0.29) is 5.91 Å². The van der Waals surface area contributed by atoms with Gasteiger partial charge in [0.1, 0.15) is 5.69 Å². The van der Waals surface area contributed by atoms with Crippen LogP contribution in [0.3, 0.4) is 0 Å². The fourth-order valence-electron chi connectivity index (χ4n) is 2.52. The van der Waals surface area contributed by atoms with E-state index in [0.29, 0.717) is 16.9 Å². The highest BCUT2D eigenvalue weighted by Crippen LogP contribution is 2.22. The number of benzene rings is 2. The predicted molar refractivity (Wildman–Crippen MR) is 103 cm³/mol. The fraction of sp³-hybridized carbons (Fsp3) is 0.0952. The smallest absolute Gasteiger partial charge is 0.274 e. The van der Waals surface area contributed by atoms with Crippen LogP contribution < -0.4 is 10.6 Å². The number of amides is 1. The monoisotopic (exact) mass is 342 g/mol. The van der Waals surface area contributed by atoms with Crippen molar-refractivity contribution in [1.82, 2.24) is 4.98 Å². The van der Waals surface area contributed by atoms with Crippen molar-refractivity contribution in [3.63, 3.8) is 0 Å². The van der Waals surface area contributed by atoms with Crippen molar-refractivity contribution < 1.29 is 4.79 Å². The van der Waals surface area contributed by atoms with Crippen LogP contribution in [0, 0.1) is 25.2 Å². The molecular weight excluding hydrogens is 324 g/mol. The van der Waals surface area contributed by atoms with Gasteiger partial charge in [0.25, 0.3) is 5.91 Å². The molecule has 0 saturated heterocycles. The molecule has 1 heterocycles. The van der Waals surface area contributed by atoms with E-state index in [1.165, 1.54) is 0 Å². The second-order valence-corrected chi connectivity index (χ2v) is 6.02. The van der Waals surface area contributed by atoms with Crippen LogP contribution in [0.25, 0.3) is 0 Å². The van der Waals surface area contributed by atoms with Crippen molar-refractivity contribution in [2.75, 3.05) is 10.6 Å². The molecule has 5 nitrogen and oxygen atoms in total. The molecule has 0 atom stereocenters. The van der Waals surface area contributed by atoms with Crippen LogP contribution in [-0.4, -0.2) is 10.9 Å². The summed E-state index contributed by atoms with van der Waals surface area (Å²) in [7, 11) is 0. The van der Waals surface area contributed by atoms with Gasteiger partial charge < -0.3 is 10.6 Å². The molecule has 0 aliphatic carbocycles. The molecule has 0 radical (unpaired) electrons. The molecule has 2 aromatic carbocycles. The van der Waals surface area contributed by atoms with Crippen LogP contribution >= 0.6 is 0 Å². The van der Waals surface area contributed by atoms with Gasteiger partial charge in [0.2, 0.25) is 0 Å². The molecule has 2 N–H and O–H groups in total. The van der Waals surface area contributed by atoms with E-state index in [1.54, 1.807) is 36.5 Å². The molecule has 1 aromatic heterocycles. The Morgan fingerprint density at radius 1 is 1.04 bits per heavy atom. The van der Waals surface area contributed by atoms with E-state index in [4.69, 9.17) is 5.26 Å². The van der Waals surface area contributed by atoms with Crippen LogP contribution in [-0.2, 0) is 0 Å². The van der Waals surface area contributed by atoms with Crippen molar-refractivity contribution in [2.45, 2.75) is 13.8 Å². The number of rotatable bonds is 4. The van der Waals surface area contributed by atoms with Crippen molar-refractivity contribution in [2.24, 2.45) is 0 Å². The number of nitriles is 1. The summed E-state index contributed by atoms with van der Waals surface area (Å²) in [5.74, 6) is -0.329. The third kappa shape index (κ3) is 4.05. The Morgan fingerprint density at radius 2 is 1.88 bits per heavy atom. The average Bonchev–Trinajstić information content (AvgIpc) is 2.65. The Labute approximate surface area is 152 Å². The molecule has 3 aromatic rings. The summed E-state index contributed by atoms with van der Waals surface area (Å²) in [6.45, 7) is 4.06. The average molecular weight is 342 g/mol. The molecule has 0 fully saturated rings. The third-order valence-corrected chi connectivity index (χ3v) is 3.91. The van der Waals surface area contributed by atoms with E-state index in [2.05, 4.69) is 33.8 Å². The molecule has 3 rings (SSSR count). The summed E-state index contributed by atoms with van der Waals surface area (Å²) in [6.07, 6.45) is 1.59. The first kappa shape index (κ1) is 17.2. The summed E-state index contributed by atoms with van der Waals surface area (Å²) >= 11 is 0. The summed E-state index contributed by atoms with van der Waals surface area (Å²) < 4.78 is 0. The topological polar surface area (TPSA) is 77.8 Å². The summed E-state index contributed by atoms with van der Waals surface area (Å²) in [6, 6.07) is 18.5. The molecular formula is C21H18N4O. The van der Waals surface area contributed by atoms with Crippen LogP contribution in [0.4, 0.5) is 17.1 Å². The minimum absolute atomic E-state index is 0.294. The van der Waals surface area contributed by atoms with Gasteiger partial charge in [-0.25, -0.2) is 0 Å². The summed E-state index contributed by atoms with van der Waals surface area (Å²) in [5.41, 5.74) is 5.38. The number of anilines is 3. The number of nitrogens with zero attached hydrogens (tertiary/aromatic N) is 2. The third-order valence-electron chi connectivity index (χ3n) is 3.91. The van der Waals surface area contributed by atoms with Gasteiger partial charge >= 0.3 is 0 Å². The number of pyridine rings is 1. The summed E-state index contributed by atoms with van der Waals surface area (Å²) in [5, 5.41) is 15.0. The van der Waals surface area contributed by atoms with Gasteiger partial charge in [-0.1, -0.05) is 18.2 Å². The maximum absolute atomic E-state index is 12.5. The van der Waals surface area contributed by atoms with Crippen LogP contribution in [0.2, 0.25) is 0 Å². The molecule has 5 heteroatoms. The lowest BCUT2D eigenvalue weighted by Gasteiger charge is -2.11. The second kappa shape index (κ2) is 7.49. The highest BCUT2D eigenvalue weighted by molar-refractivity contribution is 6.03. The van der Waals surface area contributed by atoms with E-state index in [1.807, 2.05) is 26.0 Å². The first-order chi connectivity index (χ1) is 12.5. The number of nitrogens with one attached hydrogen (secondary N) is 2. The number of aryl methyl sites for hydroxylation is 2. The molecule has 0 aliphatic heterocycles. The largest absolute Gasteiger partial charge is 0.355 e. The number of hydrogen-bond acceptors (Lipinski definition) is 4. The molecule has 1 amide bonds. The van der Waals surface area contributed by atoms with Gasteiger partial charge in [-0.2, -0.15) is 5.26 Å². The SMILES string of the molecule is Cc1ccc(C)c(Nc2ccnc(C(=O)Nc3cccc(C#N)c3)c2)c1. The zero-order valence-corrected chi connectivity index (χ0v) is 14.6. The molecule has 0 bridgehead atoms. The maximum atomic E-state index is 12.5. The number of carbonyl (C=O) groups is 1. The maximum Gasteiger partial charge on any atom is 0.274 e. The standard InChI is InChI=1S/C21H18N4O/c1-14-6-7-15(2)19(10-14)24-18-8-9-23-20(12-18)21(26)25-17-5-3-4-16(11-17)13-22/h3-12H,1-2H3,(H,23,24)(H,25,26). The van der Waals surface area contributed by atoms with Crippen LogP contribution in [0.1, 0.15) is 27.2 Å². The van der Waals surface area contributed by atoms with Crippen molar-refractivity contribution in [3.05, 3.63) is 83.2 Å². The molecule has 0 spiro atoms. The van der Waals surface area contributed by atoms with E-state index in [9.17, 15) is 4.79 Å². The van der Waals surface area contributed by atoms with Gasteiger partial charge in [-0.05, 0) is 61.4 Å². The minimum Gasteiger partial charge on any atom is -0.355 e. The minimum atomic E-state index is -0.329. The number of carbonyl (C=O) groups excluding carboxylic acids is 1. The van der Waals surface area contributed by atoms with Gasteiger partial charge in [-0.3, -0.25) is 9.78 Å². The van der Waals surface area contributed by atoms with Crippen LogP contribution in [0.15, 0.2) is 60.8 Å². The van der Waals surface area contributed by atoms with Gasteiger partial charge in [0.05, 0.1) is 11.6 Å². The molecule has 0 saturated carbocycles. The van der Waals surface area contributed by atoms with E-state index in [0.717, 1.165) is 22.5 Å². The molecule has 128 valence electrons. The first-order valence-electron chi connectivity index (χ1n) is 8.17. The van der Waals surface area contributed by atoms with Crippen molar-refractivity contribution >= 4 is 23.0 Å². The lowest BCUT2D eigenvalue weighted by atomic mass is 10.1. The van der Waals surface area contributed by atoms with Gasteiger partial charge in [0.15, 0.2) is 0 Å². The Bertz CT molecular complexity index is 1000. The Balaban J connectivity index is 1.79. The molecule has 26 heavy (non-hydrogen) atoms. The number of hydrogen-bond donors (Lipinski definition) is 2. The molecule has 0 unspecified atom stereocenters. The first-order valence-corrected chi connectivity index (χ1v) is 8.17. The highest BCUT2D eigenvalue weighted by Gasteiger charge is 2.09. The van der Waals surface area contributed by atoms with Crippen molar-refractivity contribution in [1.29, 1.82) is 5.26 Å². The normalized spacial score (nSPS) is 10.0. The van der Waals surface area contributed by atoms with Crippen LogP contribution in [0.5, 0.6) is 0 Å². The predicted octanol–water partition coefficient (Wildman–Crippen LogP) is 4.57. The zero-order valence-electron chi connectivity index (χ0n) is 14.6. The second-order valence-electron chi connectivity index (χ2n) is 6.02. The molecule has 0 aliphatic rings. The Morgan fingerprint density at radius 3 is 2.69 bits per heavy atom. The quantitative estimate of drug-likeness (QED) is 0.728. The van der Waals surface area contributed by atoms with Gasteiger partial charge in [0, 0.05) is 23.3 Å². The zero-order chi connectivity index (χ0) is 18.5. The lowest BCUT2D eigenvalue weighted by Crippen LogP contribution is -2.14.